The zero-order chi connectivity index (χ0) is 24.4. The van der Waals surface area contributed by atoms with Gasteiger partial charge in [0, 0.05) is 27.6 Å². The van der Waals surface area contributed by atoms with Crippen molar-refractivity contribution in [1.82, 2.24) is 4.48 Å². The Morgan fingerprint density at radius 3 is 2.48 bits per heavy atom. The molecule has 0 spiro atoms. The Kier molecular flexibility index (Phi) is 6.44. The number of methoxy groups -OCH3 is 1. The number of allylic oxidation sites excluding steroid dienone is 1. The second kappa shape index (κ2) is 9.08. The molecular formula is C23H21BFN7O. The van der Waals surface area contributed by atoms with Crippen LogP contribution in [0.15, 0.2) is 45.3 Å². The first-order chi connectivity index (χ1) is 15.7. The highest BCUT2D eigenvalue weighted by Crippen LogP contribution is 2.41. The minimum Gasteiger partial charge on any atom is -0.493 e. The summed E-state index contributed by atoms with van der Waals surface area (Å²) < 4.78 is 22.0. The van der Waals surface area contributed by atoms with Crippen LogP contribution in [0.1, 0.15) is 40.6 Å². The summed E-state index contributed by atoms with van der Waals surface area (Å²) in [5, 5.41) is 23.1. The van der Waals surface area contributed by atoms with Crippen LogP contribution in [0.3, 0.4) is 0 Å². The lowest BCUT2D eigenvalue weighted by molar-refractivity contribution is 0.301. The number of nitriles is 2. The van der Waals surface area contributed by atoms with Gasteiger partial charge in [0.1, 0.15) is 23.4 Å². The molecule has 164 valence electrons. The number of halogens is 1. The van der Waals surface area contributed by atoms with E-state index in [2.05, 4.69) is 27.2 Å². The van der Waals surface area contributed by atoms with Crippen LogP contribution in [-0.2, 0) is 4.74 Å². The molecule has 1 aromatic carbocycles. The van der Waals surface area contributed by atoms with Gasteiger partial charge in [0.15, 0.2) is 5.76 Å². The standard InChI is InChI=1S/C23H21BFN7O/c1-12-7-8-16(30-31-28)9-17(12)20(21-23(33-6)19(11-27)14(3)29-21)22-13(2)18(10-26)15(4)32(22)24(5)25/h7-9H,1-6H3/b21-20-. The van der Waals surface area contributed by atoms with Crippen molar-refractivity contribution in [2.75, 3.05) is 7.11 Å². The van der Waals surface area contributed by atoms with E-state index in [1.165, 1.54) is 18.4 Å². The van der Waals surface area contributed by atoms with Crippen LogP contribution in [0.2, 0.25) is 6.82 Å². The van der Waals surface area contributed by atoms with Crippen LogP contribution in [0, 0.1) is 43.4 Å². The summed E-state index contributed by atoms with van der Waals surface area (Å²) in [5.74, 6) is 0.258. The van der Waals surface area contributed by atoms with Gasteiger partial charge in [0.25, 0.3) is 0 Å². The third-order valence-corrected chi connectivity index (χ3v) is 5.69. The summed E-state index contributed by atoms with van der Waals surface area (Å²) in [4.78, 5) is 7.49. The Hall–Kier alpha value is -4.27. The molecule has 8 nitrogen and oxygen atoms in total. The number of aromatic nitrogens is 1. The SMILES string of the molecule is COC1=C(C#N)C(C)=N/C1=C(/c1cc(N=[N+]=[N-])ccc1C)c1c(C)c(C#N)c(C)n1B(C)F. The Morgan fingerprint density at radius 2 is 1.94 bits per heavy atom. The first-order valence-corrected chi connectivity index (χ1v) is 10.1. The first-order valence-electron chi connectivity index (χ1n) is 10.1. The summed E-state index contributed by atoms with van der Waals surface area (Å²) in [6.45, 7) is 8.39. The highest BCUT2D eigenvalue weighted by molar-refractivity contribution is 6.48. The van der Waals surface area contributed by atoms with Crippen molar-refractivity contribution < 1.29 is 9.05 Å². The zero-order valence-corrected chi connectivity index (χ0v) is 19.2. The molecule has 3 rings (SSSR count). The summed E-state index contributed by atoms with van der Waals surface area (Å²) in [7, 11) is -0.00831. The maximum Gasteiger partial charge on any atom is 0.462 e. The summed E-state index contributed by atoms with van der Waals surface area (Å²) in [6, 6.07) is 9.43. The molecule has 1 aromatic heterocycles. The molecule has 33 heavy (non-hydrogen) atoms. The van der Waals surface area contributed by atoms with Crippen molar-refractivity contribution >= 4 is 24.1 Å². The molecule has 0 saturated carbocycles. The van der Waals surface area contributed by atoms with Crippen LogP contribution >= 0.6 is 0 Å². The maximum atomic E-state index is 15.0. The normalized spacial score (nSPS) is 14.3. The topological polar surface area (TPSA) is 123 Å². The van der Waals surface area contributed by atoms with Gasteiger partial charge in [-0.2, -0.15) is 10.5 Å². The quantitative estimate of drug-likeness (QED) is 0.251. The van der Waals surface area contributed by atoms with E-state index >= 15 is 0 Å². The Labute approximate surface area is 191 Å². The smallest absolute Gasteiger partial charge is 0.462 e. The van der Waals surface area contributed by atoms with Crippen molar-refractivity contribution in [3.8, 4) is 12.1 Å². The van der Waals surface area contributed by atoms with E-state index in [0.29, 0.717) is 50.7 Å². The van der Waals surface area contributed by atoms with E-state index in [1.54, 1.807) is 39.0 Å². The molecule has 1 aliphatic heterocycles. The number of aliphatic imine (C=N–C) groups is 1. The first kappa shape index (κ1) is 23.4. The summed E-state index contributed by atoms with van der Waals surface area (Å²) in [5.41, 5.74) is 14.1. The number of benzene rings is 1. The van der Waals surface area contributed by atoms with E-state index in [-0.39, 0.29) is 11.3 Å². The maximum absolute atomic E-state index is 15.0. The van der Waals surface area contributed by atoms with Crippen molar-refractivity contribution in [2.45, 2.75) is 34.5 Å². The van der Waals surface area contributed by atoms with Crippen LogP contribution in [0.4, 0.5) is 10.0 Å². The largest absolute Gasteiger partial charge is 0.493 e. The number of azide groups is 1. The number of rotatable bonds is 5. The van der Waals surface area contributed by atoms with E-state index in [9.17, 15) is 14.8 Å². The van der Waals surface area contributed by atoms with Crippen molar-refractivity contribution in [2.24, 2.45) is 10.1 Å². The van der Waals surface area contributed by atoms with Gasteiger partial charge in [-0.25, -0.2) is 4.99 Å². The van der Waals surface area contributed by atoms with E-state index in [1.807, 2.05) is 6.92 Å². The lowest BCUT2D eigenvalue weighted by atomic mass is 9.87. The predicted octanol–water partition coefficient (Wildman–Crippen LogP) is 5.82. The van der Waals surface area contributed by atoms with Crippen LogP contribution in [0.25, 0.3) is 16.0 Å². The highest BCUT2D eigenvalue weighted by atomic mass is 19.1. The number of hydrogen-bond acceptors (Lipinski definition) is 5. The Balaban J connectivity index is 2.61. The van der Waals surface area contributed by atoms with Gasteiger partial charge in [-0.05, 0) is 62.8 Å². The minimum atomic E-state index is -1.45. The van der Waals surface area contributed by atoms with Gasteiger partial charge in [-0.1, -0.05) is 17.2 Å². The molecule has 0 atom stereocenters. The summed E-state index contributed by atoms with van der Waals surface area (Å²) in [6.07, 6.45) is 0. The molecule has 0 bridgehead atoms. The predicted molar refractivity (Wildman–Crippen MR) is 126 cm³/mol. The van der Waals surface area contributed by atoms with Crippen LogP contribution in [0.5, 0.6) is 0 Å². The van der Waals surface area contributed by atoms with Crippen molar-refractivity contribution in [1.29, 1.82) is 10.5 Å². The van der Waals surface area contributed by atoms with Gasteiger partial charge in [0.05, 0.1) is 18.4 Å². The van der Waals surface area contributed by atoms with E-state index in [4.69, 9.17) is 10.3 Å². The molecule has 1 aliphatic rings. The Morgan fingerprint density at radius 1 is 1.24 bits per heavy atom. The molecule has 0 saturated heterocycles. The van der Waals surface area contributed by atoms with Crippen molar-refractivity contribution in [3.63, 3.8) is 0 Å². The fourth-order valence-corrected chi connectivity index (χ4v) is 4.19. The van der Waals surface area contributed by atoms with Gasteiger partial charge in [0.2, 0.25) is 0 Å². The van der Waals surface area contributed by atoms with Gasteiger partial charge < -0.3 is 13.5 Å². The molecule has 2 aromatic rings. The third kappa shape index (κ3) is 3.78. The number of nitrogens with zero attached hydrogens (tertiary/aromatic N) is 7. The second-order valence-corrected chi connectivity index (χ2v) is 7.62. The number of aryl methyl sites for hydroxylation is 1. The summed E-state index contributed by atoms with van der Waals surface area (Å²) >= 11 is 0. The van der Waals surface area contributed by atoms with Gasteiger partial charge >= 0.3 is 7.12 Å². The van der Waals surface area contributed by atoms with E-state index in [0.717, 1.165) is 5.56 Å². The molecule has 2 heterocycles. The monoisotopic (exact) mass is 441 g/mol. The van der Waals surface area contributed by atoms with Crippen LogP contribution < -0.4 is 0 Å². The molecule has 10 heteroatoms. The molecule has 0 fully saturated rings. The molecular weight excluding hydrogens is 420 g/mol. The molecule has 0 radical (unpaired) electrons. The molecule has 0 aliphatic carbocycles. The van der Waals surface area contributed by atoms with Crippen molar-refractivity contribution in [3.05, 3.63) is 79.3 Å². The fourth-order valence-electron chi connectivity index (χ4n) is 4.19. The zero-order valence-electron chi connectivity index (χ0n) is 19.2. The lowest BCUT2D eigenvalue weighted by Crippen LogP contribution is -2.20. The number of ether oxygens (including phenoxy) is 1. The minimum absolute atomic E-state index is 0.258. The lowest BCUT2D eigenvalue weighted by Gasteiger charge is -2.20. The van der Waals surface area contributed by atoms with E-state index < -0.39 is 7.12 Å². The highest BCUT2D eigenvalue weighted by Gasteiger charge is 2.33. The van der Waals surface area contributed by atoms with Gasteiger partial charge in [-0.3, -0.25) is 0 Å². The average molecular weight is 441 g/mol. The van der Waals surface area contributed by atoms with Gasteiger partial charge in [-0.15, -0.1) is 0 Å². The molecule has 0 N–H and O–H groups in total. The second-order valence-electron chi connectivity index (χ2n) is 7.62. The van der Waals surface area contributed by atoms with Crippen LogP contribution in [-0.4, -0.2) is 24.4 Å². The average Bonchev–Trinajstić information content (AvgIpc) is 3.23. The molecule has 0 unspecified atom stereocenters. The fraction of sp³-hybridized carbons (Fsp3) is 0.261. The Bertz CT molecular complexity index is 1390. The third-order valence-electron chi connectivity index (χ3n) is 5.69. The molecule has 0 amide bonds. The number of hydrogen-bond donors (Lipinski definition) is 0.